The highest BCUT2D eigenvalue weighted by Crippen LogP contribution is 2.12. The van der Waals surface area contributed by atoms with Crippen LogP contribution in [0.1, 0.15) is 90.9 Å². The zero-order valence-electron chi connectivity index (χ0n) is 15.6. The minimum absolute atomic E-state index is 0.0343. The lowest BCUT2D eigenvalue weighted by molar-refractivity contribution is 0.0599. The van der Waals surface area contributed by atoms with Crippen LogP contribution in [0.4, 0.5) is 0 Å². The first-order valence-corrected chi connectivity index (χ1v) is 9.90. The quantitative estimate of drug-likeness (QED) is 0.293. The van der Waals surface area contributed by atoms with Crippen LogP contribution in [-0.2, 0) is 4.74 Å². The van der Waals surface area contributed by atoms with Crippen LogP contribution >= 0.6 is 0 Å². The van der Waals surface area contributed by atoms with E-state index < -0.39 is 0 Å². The monoisotopic (exact) mass is 327 g/mol. The van der Waals surface area contributed by atoms with E-state index in [2.05, 4.69) is 13.0 Å². The van der Waals surface area contributed by atoms with Crippen molar-refractivity contribution in [3.63, 3.8) is 0 Å². The summed E-state index contributed by atoms with van der Waals surface area (Å²) in [4.78, 5) is 0. The van der Waals surface area contributed by atoms with Crippen molar-refractivity contribution in [3.05, 3.63) is 12.2 Å². The molecule has 138 valence electrons. The third-order valence-corrected chi connectivity index (χ3v) is 4.29. The summed E-state index contributed by atoms with van der Waals surface area (Å²) in [5.74, 6) is 0. The molecule has 0 amide bonds. The molecule has 0 aromatic rings. The number of unbranched alkanes of at least 4 members (excludes halogenated alkanes) is 11. The van der Waals surface area contributed by atoms with Crippen LogP contribution < -0.4 is 5.73 Å². The second-order valence-electron chi connectivity index (χ2n) is 6.52. The first-order valence-electron chi connectivity index (χ1n) is 9.90. The van der Waals surface area contributed by atoms with E-state index in [1.807, 2.05) is 13.0 Å². The van der Waals surface area contributed by atoms with Crippen LogP contribution in [0.25, 0.3) is 0 Å². The zero-order chi connectivity index (χ0) is 17.2. The fourth-order valence-corrected chi connectivity index (χ4v) is 2.77. The average molecular weight is 328 g/mol. The summed E-state index contributed by atoms with van der Waals surface area (Å²) >= 11 is 0. The van der Waals surface area contributed by atoms with Gasteiger partial charge in [0.1, 0.15) is 0 Å². The van der Waals surface area contributed by atoms with Crippen LogP contribution in [0.3, 0.4) is 0 Å². The van der Waals surface area contributed by atoms with Gasteiger partial charge in [-0.2, -0.15) is 0 Å². The lowest BCUT2D eigenvalue weighted by atomic mass is 10.0. The molecular weight excluding hydrogens is 286 g/mol. The molecule has 0 aliphatic heterocycles. The Bertz CT molecular complexity index is 256. The van der Waals surface area contributed by atoms with Crippen LogP contribution in [0.2, 0.25) is 0 Å². The topological polar surface area (TPSA) is 55.5 Å². The van der Waals surface area contributed by atoms with Gasteiger partial charge in [0.05, 0.1) is 18.8 Å². The largest absolute Gasteiger partial charge is 0.395 e. The molecule has 0 saturated heterocycles. The molecule has 2 atom stereocenters. The summed E-state index contributed by atoms with van der Waals surface area (Å²) in [6, 6.07) is -0.316. The summed E-state index contributed by atoms with van der Waals surface area (Å²) in [5, 5.41) is 9.10. The second kappa shape index (κ2) is 18.0. The number of rotatable bonds is 17. The number of nitrogens with two attached hydrogens (primary N) is 1. The molecule has 3 heteroatoms. The Morgan fingerprint density at radius 1 is 0.870 bits per heavy atom. The van der Waals surface area contributed by atoms with Gasteiger partial charge in [-0.3, -0.25) is 0 Å². The summed E-state index contributed by atoms with van der Waals surface area (Å²) < 4.78 is 5.53. The molecule has 0 heterocycles. The maximum atomic E-state index is 9.10. The minimum atomic E-state index is -0.316. The normalized spacial score (nSPS) is 14.4. The van der Waals surface area contributed by atoms with E-state index in [4.69, 9.17) is 15.6 Å². The van der Waals surface area contributed by atoms with Gasteiger partial charge in [-0.1, -0.05) is 83.3 Å². The first-order chi connectivity index (χ1) is 11.3. The number of allylic oxidation sites excluding steroid dienone is 1. The molecule has 0 bridgehead atoms. The summed E-state index contributed by atoms with van der Waals surface area (Å²) in [5.41, 5.74) is 5.82. The van der Waals surface area contributed by atoms with Gasteiger partial charge in [0.15, 0.2) is 0 Å². The third kappa shape index (κ3) is 14.9. The lowest BCUT2D eigenvalue weighted by Crippen LogP contribution is -2.38. The predicted molar refractivity (Wildman–Crippen MR) is 101 cm³/mol. The van der Waals surface area contributed by atoms with Gasteiger partial charge in [0.2, 0.25) is 0 Å². The Morgan fingerprint density at radius 3 is 1.87 bits per heavy atom. The number of aliphatic hydroxyl groups is 1. The van der Waals surface area contributed by atoms with Crippen LogP contribution in [0.5, 0.6) is 0 Å². The first kappa shape index (κ1) is 22.6. The third-order valence-electron chi connectivity index (χ3n) is 4.29. The molecule has 0 fully saturated rings. The van der Waals surface area contributed by atoms with Gasteiger partial charge in [-0.05, 0) is 19.8 Å². The molecule has 2 unspecified atom stereocenters. The Hall–Kier alpha value is -0.380. The molecule has 0 aromatic carbocycles. The zero-order valence-corrected chi connectivity index (χ0v) is 15.6. The molecule has 0 spiro atoms. The molecule has 0 aromatic heterocycles. The van der Waals surface area contributed by atoms with Gasteiger partial charge >= 0.3 is 0 Å². The van der Waals surface area contributed by atoms with E-state index in [1.54, 1.807) is 0 Å². The summed E-state index contributed by atoms with van der Waals surface area (Å²) in [6.45, 7) is 4.82. The fraction of sp³-hybridized carbons (Fsp3) is 0.900. The molecule has 3 N–H and O–H groups in total. The van der Waals surface area contributed by atoms with Gasteiger partial charge in [0.25, 0.3) is 0 Å². The van der Waals surface area contributed by atoms with Gasteiger partial charge < -0.3 is 15.6 Å². The molecule has 0 aliphatic carbocycles. The fourth-order valence-electron chi connectivity index (χ4n) is 2.77. The maximum Gasteiger partial charge on any atom is 0.0928 e. The van der Waals surface area contributed by atoms with E-state index >= 15 is 0 Å². The molecular formula is C20H41NO2. The average Bonchev–Trinajstić information content (AvgIpc) is 2.57. The number of hydrogen-bond donors (Lipinski definition) is 2. The Morgan fingerprint density at radius 2 is 1.39 bits per heavy atom. The van der Waals surface area contributed by atoms with E-state index in [9.17, 15) is 0 Å². The van der Waals surface area contributed by atoms with Crippen molar-refractivity contribution in [2.24, 2.45) is 5.73 Å². The van der Waals surface area contributed by atoms with Gasteiger partial charge in [-0.15, -0.1) is 0 Å². The Balaban J connectivity index is 3.42. The minimum Gasteiger partial charge on any atom is -0.395 e. The van der Waals surface area contributed by atoms with Crippen molar-refractivity contribution >= 4 is 0 Å². The van der Waals surface area contributed by atoms with Crippen LogP contribution in [0, 0.1) is 0 Å². The number of ether oxygens (including phenoxy) is 1. The number of aliphatic hydroxyl groups excluding tert-OH is 1. The number of hydrogen-bond acceptors (Lipinski definition) is 3. The van der Waals surface area contributed by atoms with Crippen molar-refractivity contribution in [3.8, 4) is 0 Å². The Kier molecular flexibility index (Phi) is 17.7. The molecule has 0 saturated carbocycles. The molecule has 0 aliphatic rings. The van der Waals surface area contributed by atoms with Crippen molar-refractivity contribution in [1.29, 1.82) is 0 Å². The highest BCUT2D eigenvalue weighted by molar-refractivity contribution is 4.94. The standard InChI is InChI=1S/C20H41NO2/c1-3-5-6-7-8-9-10-11-12-13-14-15-16-17-20(23-4-2)19(21)18-22/h16-17,19-20,22H,3-15,18,21H2,1-2H3. The van der Waals surface area contributed by atoms with Crippen molar-refractivity contribution in [2.45, 2.75) is 103 Å². The maximum absolute atomic E-state index is 9.10. The second-order valence-corrected chi connectivity index (χ2v) is 6.52. The molecule has 23 heavy (non-hydrogen) atoms. The van der Waals surface area contributed by atoms with Gasteiger partial charge in [0, 0.05) is 6.61 Å². The van der Waals surface area contributed by atoms with E-state index in [-0.39, 0.29) is 18.8 Å². The van der Waals surface area contributed by atoms with E-state index in [1.165, 1.54) is 70.6 Å². The smallest absolute Gasteiger partial charge is 0.0928 e. The molecule has 3 nitrogen and oxygen atoms in total. The van der Waals surface area contributed by atoms with E-state index in [0.29, 0.717) is 6.61 Å². The predicted octanol–water partition coefficient (Wildman–Crippen LogP) is 4.97. The highest BCUT2D eigenvalue weighted by atomic mass is 16.5. The van der Waals surface area contributed by atoms with E-state index in [0.717, 1.165) is 6.42 Å². The highest BCUT2D eigenvalue weighted by Gasteiger charge is 2.13. The lowest BCUT2D eigenvalue weighted by Gasteiger charge is -2.18. The van der Waals surface area contributed by atoms with Crippen molar-refractivity contribution in [2.75, 3.05) is 13.2 Å². The van der Waals surface area contributed by atoms with Crippen LogP contribution in [-0.4, -0.2) is 30.5 Å². The van der Waals surface area contributed by atoms with Gasteiger partial charge in [-0.25, -0.2) is 0 Å². The van der Waals surface area contributed by atoms with Crippen molar-refractivity contribution < 1.29 is 9.84 Å². The summed E-state index contributed by atoms with van der Waals surface area (Å²) in [6.07, 6.45) is 20.2. The van der Waals surface area contributed by atoms with Crippen LogP contribution in [0.15, 0.2) is 12.2 Å². The molecule has 0 rings (SSSR count). The van der Waals surface area contributed by atoms with Crippen molar-refractivity contribution in [1.82, 2.24) is 0 Å². The Labute approximate surface area is 144 Å². The SMILES string of the molecule is CCCCCCCCCCCCCC=CC(OCC)C(N)CO. The molecule has 0 radical (unpaired) electrons. The summed E-state index contributed by atoms with van der Waals surface area (Å²) in [7, 11) is 0.